The standard InChI is InChI=1S/C19H12Cl3NO2/c20-12-5-8-14(16(22)11-12)18-9-6-13(25-18)7-10-19(24)23-17-4-2-1-3-15(17)21/h1-11H,(H,23,24)/b10-7+. The Bertz CT molecular complexity index is 947. The molecule has 126 valence electrons. The molecule has 3 nitrogen and oxygen atoms in total. The van der Waals surface area contributed by atoms with Gasteiger partial charge in [-0.1, -0.05) is 46.9 Å². The summed E-state index contributed by atoms with van der Waals surface area (Å²) in [6, 6.07) is 15.7. The molecule has 0 unspecified atom stereocenters. The third-order valence-corrected chi connectivity index (χ3v) is 4.23. The first-order valence-electron chi connectivity index (χ1n) is 7.32. The van der Waals surface area contributed by atoms with Crippen molar-refractivity contribution in [2.45, 2.75) is 0 Å². The van der Waals surface area contributed by atoms with E-state index in [2.05, 4.69) is 5.32 Å². The van der Waals surface area contributed by atoms with Gasteiger partial charge >= 0.3 is 0 Å². The number of hydrogen-bond acceptors (Lipinski definition) is 2. The van der Waals surface area contributed by atoms with E-state index in [1.165, 1.54) is 6.08 Å². The van der Waals surface area contributed by atoms with Crippen LogP contribution in [0.2, 0.25) is 15.1 Å². The van der Waals surface area contributed by atoms with Crippen LogP contribution in [0, 0.1) is 0 Å². The number of halogens is 3. The van der Waals surface area contributed by atoms with Crippen LogP contribution in [0.1, 0.15) is 5.76 Å². The summed E-state index contributed by atoms with van der Waals surface area (Å²) in [4.78, 5) is 12.0. The Labute approximate surface area is 159 Å². The molecule has 0 spiro atoms. The number of nitrogens with one attached hydrogen (secondary N) is 1. The Balaban J connectivity index is 1.71. The Hall–Kier alpha value is -2.20. The molecule has 0 radical (unpaired) electrons. The maximum atomic E-state index is 12.0. The Morgan fingerprint density at radius 1 is 0.960 bits per heavy atom. The number of carbonyl (C=O) groups excluding carboxylic acids is 1. The van der Waals surface area contributed by atoms with Gasteiger partial charge in [0.25, 0.3) is 0 Å². The molecule has 1 aromatic heterocycles. The number of carbonyl (C=O) groups is 1. The average Bonchev–Trinajstić information content (AvgIpc) is 3.04. The minimum absolute atomic E-state index is 0.310. The SMILES string of the molecule is O=C(/C=C/c1ccc(-c2ccc(Cl)cc2Cl)o1)Nc1ccccc1Cl. The largest absolute Gasteiger partial charge is 0.457 e. The summed E-state index contributed by atoms with van der Waals surface area (Å²) in [6.07, 6.45) is 2.94. The number of para-hydroxylation sites is 1. The van der Waals surface area contributed by atoms with E-state index in [-0.39, 0.29) is 5.91 Å². The fourth-order valence-corrected chi connectivity index (χ4v) is 2.86. The summed E-state index contributed by atoms with van der Waals surface area (Å²) in [5, 5.41) is 4.22. The lowest BCUT2D eigenvalue weighted by Crippen LogP contribution is -2.07. The maximum absolute atomic E-state index is 12.0. The summed E-state index contributed by atoms with van der Waals surface area (Å²) in [5.41, 5.74) is 1.28. The lowest BCUT2D eigenvalue weighted by Gasteiger charge is -2.03. The van der Waals surface area contributed by atoms with Crippen molar-refractivity contribution < 1.29 is 9.21 Å². The topological polar surface area (TPSA) is 42.2 Å². The van der Waals surface area contributed by atoms with Gasteiger partial charge in [-0.05, 0) is 48.5 Å². The van der Waals surface area contributed by atoms with E-state index in [9.17, 15) is 4.79 Å². The monoisotopic (exact) mass is 391 g/mol. The first-order chi connectivity index (χ1) is 12.0. The molecule has 1 N–H and O–H groups in total. The van der Waals surface area contributed by atoms with Crippen molar-refractivity contribution in [1.29, 1.82) is 0 Å². The van der Waals surface area contributed by atoms with E-state index < -0.39 is 0 Å². The first-order valence-corrected chi connectivity index (χ1v) is 8.45. The van der Waals surface area contributed by atoms with Crippen molar-refractivity contribution in [2.75, 3.05) is 5.32 Å². The molecule has 0 aliphatic rings. The summed E-state index contributed by atoms with van der Waals surface area (Å²) in [6.45, 7) is 0. The number of rotatable bonds is 4. The van der Waals surface area contributed by atoms with Crippen LogP contribution in [0.3, 0.4) is 0 Å². The van der Waals surface area contributed by atoms with Crippen molar-refractivity contribution in [1.82, 2.24) is 0 Å². The van der Waals surface area contributed by atoms with E-state index >= 15 is 0 Å². The van der Waals surface area contributed by atoms with Crippen molar-refractivity contribution in [2.24, 2.45) is 0 Å². The van der Waals surface area contributed by atoms with Crippen LogP contribution in [-0.4, -0.2) is 5.91 Å². The summed E-state index contributed by atoms with van der Waals surface area (Å²) in [5.74, 6) is 0.804. The predicted molar refractivity (Wildman–Crippen MR) is 103 cm³/mol. The second-order valence-corrected chi connectivity index (χ2v) is 6.38. The first kappa shape index (κ1) is 17.6. The summed E-state index contributed by atoms with van der Waals surface area (Å²) in [7, 11) is 0. The molecule has 0 aliphatic heterocycles. The molecule has 6 heteroatoms. The van der Waals surface area contributed by atoms with Crippen molar-refractivity contribution in [3.63, 3.8) is 0 Å². The zero-order valence-electron chi connectivity index (χ0n) is 12.8. The van der Waals surface area contributed by atoms with E-state index in [4.69, 9.17) is 39.2 Å². The highest BCUT2D eigenvalue weighted by Crippen LogP contribution is 2.31. The van der Waals surface area contributed by atoms with Gasteiger partial charge in [-0.15, -0.1) is 0 Å². The van der Waals surface area contributed by atoms with Gasteiger partial charge in [0, 0.05) is 16.7 Å². The van der Waals surface area contributed by atoms with E-state index in [1.807, 2.05) is 0 Å². The van der Waals surface area contributed by atoms with Crippen LogP contribution in [0.4, 0.5) is 5.69 Å². The average molecular weight is 393 g/mol. The number of amides is 1. The maximum Gasteiger partial charge on any atom is 0.248 e. The van der Waals surface area contributed by atoms with Crippen LogP contribution in [0.5, 0.6) is 0 Å². The van der Waals surface area contributed by atoms with Gasteiger partial charge in [0.1, 0.15) is 11.5 Å². The lowest BCUT2D eigenvalue weighted by molar-refractivity contribution is -0.111. The van der Waals surface area contributed by atoms with Crippen LogP contribution < -0.4 is 5.32 Å². The van der Waals surface area contributed by atoms with Crippen molar-refractivity contribution >= 4 is 52.5 Å². The molecule has 2 aromatic carbocycles. The molecule has 0 fully saturated rings. The van der Waals surface area contributed by atoms with Crippen LogP contribution in [-0.2, 0) is 4.79 Å². The molecule has 0 saturated carbocycles. The molecule has 0 atom stereocenters. The number of furan rings is 1. The summed E-state index contributed by atoms with van der Waals surface area (Å²) >= 11 is 18.1. The molecule has 3 rings (SSSR count). The third-order valence-electron chi connectivity index (χ3n) is 3.35. The molecule has 1 amide bonds. The zero-order chi connectivity index (χ0) is 17.8. The fraction of sp³-hybridized carbons (Fsp3) is 0. The van der Waals surface area contributed by atoms with E-state index in [1.54, 1.807) is 60.7 Å². The van der Waals surface area contributed by atoms with Gasteiger partial charge < -0.3 is 9.73 Å². The van der Waals surface area contributed by atoms with Crippen LogP contribution in [0.25, 0.3) is 17.4 Å². The number of benzene rings is 2. The lowest BCUT2D eigenvalue weighted by atomic mass is 10.2. The second-order valence-electron chi connectivity index (χ2n) is 5.13. The quantitative estimate of drug-likeness (QED) is 0.511. The Kier molecular flexibility index (Phi) is 5.49. The van der Waals surface area contributed by atoms with Gasteiger partial charge in [-0.3, -0.25) is 4.79 Å². The highest BCUT2D eigenvalue weighted by Gasteiger charge is 2.08. The Morgan fingerprint density at radius 2 is 1.76 bits per heavy atom. The summed E-state index contributed by atoms with van der Waals surface area (Å²) < 4.78 is 5.69. The van der Waals surface area contributed by atoms with Gasteiger partial charge in [-0.25, -0.2) is 0 Å². The molecule has 3 aromatic rings. The Morgan fingerprint density at radius 3 is 2.52 bits per heavy atom. The van der Waals surface area contributed by atoms with E-state index in [0.29, 0.717) is 32.3 Å². The van der Waals surface area contributed by atoms with Gasteiger partial charge in [0.2, 0.25) is 5.91 Å². The fourth-order valence-electron chi connectivity index (χ4n) is 2.17. The second kappa shape index (κ2) is 7.79. The highest BCUT2D eigenvalue weighted by atomic mass is 35.5. The minimum atomic E-state index is -0.310. The third kappa shape index (κ3) is 4.45. The van der Waals surface area contributed by atoms with Gasteiger partial charge in [0.15, 0.2) is 0 Å². The smallest absolute Gasteiger partial charge is 0.248 e. The number of anilines is 1. The zero-order valence-corrected chi connectivity index (χ0v) is 15.1. The molecule has 1 heterocycles. The van der Waals surface area contributed by atoms with Crippen molar-refractivity contribution in [3.8, 4) is 11.3 Å². The van der Waals surface area contributed by atoms with Gasteiger partial charge in [0.05, 0.1) is 15.7 Å². The molecular formula is C19H12Cl3NO2. The molecule has 0 aliphatic carbocycles. The molecule has 25 heavy (non-hydrogen) atoms. The van der Waals surface area contributed by atoms with Crippen LogP contribution >= 0.6 is 34.8 Å². The predicted octanol–water partition coefficient (Wildman–Crippen LogP) is 6.56. The van der Waals surface area contributed by atoms with E-state index in [0.717, 1.165) is 5.56 Å². The molecule has 0 bridgehead atoms. The number of hydrogen-bond donors (Lipinski definition) is 1. The minimum Gasteiger partial charge on any atom is -0.457 e. The van der Waals surface area contributed by atoms with Crippen molar-refractivity contribution in [3.05, 3.63) is 81.5 Å². The van der Waals surface area contributed by atoms with Crippen LogP contribution in [0.15, 0.2) is 65.1 Å². The molecule has 0 saturated heterocycles. The molecular weight excluding hydrogens is 381 g/mol. The van der Waals surface area contributed by atoms with Gasteiger partial charge in [-0.2, -0.15) is 0 Å². The highest BCUT2D eigenvalue weighted by molar-refractivity contribution is 6.36. The normalized spacial score (nSPS) is 11.0.